The lowest BCUT2D eigenvalue weighted by Gasteiger charge is -2.57. The Morgan fingerprint density at radius 2 is 1.77 bits per heavy atom. The highest BCUT2D eigenvalue weighted by molar-refractivity contribution is 5.81. The third kappa shape index (κ3) is 4.07. The number of carbonyl (C=O) groups excluding carboxylic acids is 1. The van der Waals surface area contributed by atoms with Gasteiger partial charge in [0.15, 0.2) is 5.96 Å². The van der Waals surface area contributed by atoms with Crippen molar-refractivity contribution >= 4 is 11.9 Å². The first-order chi connectivity index (χ1) is 15.2. The van der Waals surface area contributed by atoms with Gasteiger partial charge in [-0.25, -0.2) is 0 Å². The first kappa shape index (κ1) is 21.5. The fourth-order valence-corrected chi connectivity index (χ4v) is 6.65. The van der Waals surface area contributed by atoms with Crippen molar-refractivity contribution in [2.45, 2.75) is 51.2 Å². The molecule has 3 heterocycles. The van der Waals surface area contributed by atoms with E-state index in [0.717, 1.165) is 58.4 Å². The average Bonchev–Trinajstić information content (AvgIpc) is 3.47. The smallest absolute Gasteiger partial charge is 0.236 e. The van der Waals surface area contributed by atoms with Crippen LogP contribution in [0.15, 0.2) is 4.99 Å². The van der Waals surface area contributed by atoms with Crippen molar-refractivity contribution in [3.8, 4) is 0 Å². The molecule has 0 aromatic rings. The van der Waals surface area contributed by atoms with Gasteiger partial charge in [-0.15, -0.1) is 0 Å². The molecular weight excluding hydrogens is 394 g/mol. The summed E-state index contributed by atoms with van der Waals surface area (Å²) in [6.45, 7) is 10.8. The molecule has 0 aromatic carbocycles. The highest BCUT2D eigenvalue weighted by Gasteiger charge is 2.65. The van der Waals surface area contributed by atoms with Crippen LogP contribution in [0.4, 0.5) is 0 Å². The summed E-state index contributed by atoms with van der Waals surface area (Å²) in [6, 6.07) is 0.508. The van der Waals surface area contributed by atoms with Crippen LogP contribution in [0.2, 0.25) is 0 Å². The molecule has 3 aliphatic heterocycles. The van der Waals surface area contributed by atoms with E-state index in [1.54, 1.807) is 0 Å². The molecule has 8 heteroatoms. The van der Waals surface area contributed by atoms with Gasteiger partial charge in [-0.2, -0.15) is 0 Å². The van der Waals surface area contributed by atoms with Crippen molar-refractivity contribution in [3.63, 3.8) is 0 Å². The van der Waals surface area contributed by atoms with Crippen molar-refractivity contribution in [3.05, 3.63) is 0 Å². The van der Waals surface area contributed by atoms with E-state index in [2.05, 4.69) is 22.0 Å². The second kappa shape index (κ2) is 9.24. The fourth-order valence-electron chi connectivity index (χ4n) is 6.65. The molecule has 8 nitrogen and oxygen atoms in total. The van der Waals surface area contributed by atoms with Gasteiger partial charge in [-0.1, -0.05) is 12.8 Å². The van der Waals surface area contributed by atoms with Crippen LogP contribution in [-0.2, 0) is 14.3 Å². The summed E-state index contributed by atoms with van der Waals surface area (Å²) in [5, 5.41) is 3.92. The zero-order valence-corrected chi connectivity index (χ0v) is 19.1. The van der Waals surface area contributed by atoms with Gasteiger partial charge in [0.1, 0.15) is 0 Å². The number of ether oxygens (including phenoxy) is 2. The number of hydrogen-bond donors (Lipinski definition) is 1. The quantitative estimate of drug-likeness (QED) is 0.522. The Morgan fingerprint density at radius 3 is 2.48 bits per heavy atom. The number of aliphatic imine (C=N–C) groups is 1. The van der Waals surface area contributed by atoms with Gasteiger partial charge >= 0.3 is 0 Å². The number of fused-ring (bicyclic) bond motifs is 2. The fraction of sp³-hybridized carbons (Fsp3) is 0.913. The Balaban J connectivity index is 1.16. The highest BCUT2D eigenvalue weighted by Crippen LogP contribution is 2.60. The van der Waals surface area contributed by atoms with Crippen molar-refractivity contribution in [1.82, 2.24) is 20.0 Å². The molecule has 3 unspecified atom stereocenters. The first-order valence-electron chi connectivity index (χ1n) is 12.5. The topological polar surface area (TPSA) is 69.6 Å². The molecular formula is C23H39N5O3. The molecule has 2 saturated carbocycles. The minimum absolute atomic E-state index is 0.238. The summed E-state index contributed by atoms with van der Waals surface area (Å²) in [7, 11) is 0. The number of rotatable bonds is 4. The van der Waals surface area contributed by atoms with Crippen LogP contribution in [-0.4, -0.2) is 111 Å². The lowest BCUT2D eigenvalue weighted by molar-refractivity contribution is -0.136. The molecule has 0 radical (unpaired) electrons. The average molecular weight is 434 g/mol. The van der Waals surface area contributed by atoms with E-state index >= 15 is 0 Å². The number of nitrogens with zero attached hydrogens (tertiary/aromatic N) is 4. The number of hydrogen-bond acceptors (Lipinski definition) is 5. The number of piperazine rings is 1. The third-order valence-electron chi connectivity index (χ3n) is 8.27. The van der Waals surface area contributed by atoms with Crippen molar-refractivity contribution in [2.24, 2.45) is 16.3 Å². The van der Waals surface area contributed by atoms with Crippen molar-refractivity contribution in [2.75, 3.05) is 72.2 Å². The van der Waals surface area contributed by atoms with Gasteiger partial charge < -0.3 is 24.6 Å². The Morgan fingerprint density at radius 1 is 1.03 bits per heavy atom. The molecule has 1 N–H and O–H groups in total. The third-order valence-corrected chi connectivity index (χ3v) is 8.27. The van der Waals surface area contributed by atoms with E-state index in [4.69, 9.17) is 14.5 Å². The van der Waals surface area contributed by atoms with E-state index in [1.807, 2.05) is 4.90 Å². The van der Waals surface area contributed by atoms with Gasteiger partial charge in [0, 0.05) is 69.8 Å². The van der Waals surface area contributed by atoms with Crippen LogP contribution in [0.3, 0.4) is 0 Å². The van der Waals surface area contributed by atoms with E-state index in [9.17, 15) is 4.79 Å². The summed E-state index contributed by atoms with van der Waals surface area (Å²) in [4.78, 5) is 24.1. The maximum atomic E-state index is 12.6. The maximum absolute atomic E-state index is 12.6. The molecule has 174 valence electrons. The monoisotopic (exact) mass is 433 g/mol. The normalized spacial score (nSPS) is 33.5. The lowest BCUT2D eigenvalue weighted by Crippen LogP contribution is -2.70. The minimum atomic E-state index is 0.238. The molecule has 3 saturated heterocycles. The number of morpholine rings is 1. The summed E-state index contributed by atoms with van der Waals surface area (Å²) >= 11 is 0. The van der Waals surface area contributed by atoms with E-state index < -0.39 is 0 Å². The van der Waals surface area contributed by atoms with Crippen molar-refractivity contribution < 1.29 is 14.3 Å². The SMILES string of the molecule is CCN=C(NC1C2CCOC2C12CCCC2)N1CCN(CC(=O)N2CCOCC2)CC1. The second-order valence-electron chi connectivity index (χ2n) is 9.86. The highest BCUT2D eigenvalue weighted by atomic mass is 16.5. The molecule has 5 rings (SSSR count). The molecule has 5 aliphatic rings. The molecule has 31 heavy (non-hydrogen) atoms. The molecule has 5 fully saturated rings. The number of amides is 1. The predicted octanol–water partition coefficient (Wildman–Crippen LogP) is 0.776. The van der Waals surface area contributed by atoms with E-state index in [0.29, 0.717) is 43.2 Å². The van der Waals surface area contributed by atoms with Crippen LogP contribution in [0.25, 0.3) is 0 Å². The van der Waals surface area contributed by atoms with Crippen LogP contribution in [0.1, 0.15) is 39.0 Å². The molecule has 2 aliphatic carbocycles. The second-order valence-corrected chi connectivity index (χ2v) is 9.86. The van der Waals surface area contributed by atoms with Gasteiger partial charge in [-0.3, -0.25) is 14.7 Å². The first-order valence-corrected chi connectivity index (χ1v) is 12.5. The number of guanidine groups is 1. The molecule has 0 aromatic heterocycles. The van der Waals surface area contributed by atoms with Gasteiger partial charge in [-0.05, 0) is 26.2 Å². The van der Waals surface area contributed by atoms with Crippen molar-refractivity contribution in [1.29, 1.82) is 0 Å². The summed E-state index contributed by atoms with van der Waals surface area (Å²) in [5.74, 6) is 1.96. The van der Waals surface area contributed by atoms with Crippen LogP contribution in [0, 0.1) is 11.3 Å². The van der Waals surface area contributed by atoms with E-state index in [1.165, 1.54) is 32.1 Å². The summed E-state index contributed by atoms with van der Waals surface area (Å²) in [5.41, 5.74) is 0.335. The standard InChI is InChI=1S/C23H39N5O3/c1-2-24-22(25-20-18-5-14-31-21(18)23(20)6-3-4-7-23)28-10-8-26(9-11-28)17-19(29)27-12-15-30-16-13-27/h18,20-21H,2-17H2,1H3,(H,24,25). The van der Waals surface area contributed by atoms with E-state index in [-0.39, 0.29) is 5.91 Å². The maximum Gasteiger partial charge on any atom is 0.236 e. The molecule has 3 atom stereocenters. The number of carbonyl (C=O) groups is 1. The molecule has 1 amide bonds. The summed E-state index contributed by atoms with van der Waals surface area (Å²) < 4.78 is 11.5. The van der Waals surface area contributed by atoms with Gasteiger partial charge in [0.05, 0.1) is 25.9 Å². The van der Waals surface area contributed by atoms with Gasteiger partial charge in [0.25, 0.3) is 0 Å². The Bertz CT molecular complexity index is 666. The molecule has 1 spiro atoms. The molecule has 0 bridgehead atoms. The van der Waals surface area contributed by atoms with Gasteiger partial charge in [0.2, 0.25) is 5.91 Å². The predicted molar refractivity (Wildman–Crippen MR) is 119 cm³/mol. The number of nitrogens with one attached hydrogen (secondary N) is 1. The minimum Gasteiger partial charge on any atom is -0.378 e. The summed E-state index contributed by atoms with van der Waals surface area (Å²) in [6.07, 6.45) is 6.91. The zero-order valence-electron chi connectivity index (χ0n) is 19.1. The lowest BCUT2D eigenvalue weighted by atomic mass is 9.54. The zero-order chi connectivity index (χ0) is 21.3. The van der Waals surface area contributed by atoms with Crippen LogP contribution < -0.4 is 5.32 Å². The van der Waals surface area contributed by atoms with Crippen LogP contribution >= 0.6 is 0 Å². The Kier molecular flexibility index (Phi) is 6.40. The Hall–Kier alpha value is -1.38. The van der Waals surface area contributed by atoms with Crippen LogP contribution in [0.5, 0.6) is 0 Å². The Labute approximate surface area is 186 Å². The largest absolute Gasteiger partial charge is 0.378 e.